The number of likely N-dealkylation sites (tertiary alicyclic amines) is 1. The molecule has 6 heterocycles. The maximum absolute atomic E-state index is 14.9. The van der Waals surface area contributed by atoms with Crippen LogP contribution in [0.3, 0.4) is 0 Å². The average molecular weight is 937 g/mol. The van der Waals surface area contributed by atoms with Gasteiger partial charge in [-0.3, -0.25) is 34.0 Å². The molecule has 3 fully saturated rings. The molecule has 2 saturated heterocycles. The molecule has 4 amide bonds. The highest BCUT2D eigenvalue weighted by Gasteiger charge is 2.44. The fourth-order valence-electron chi connectivity index (χ4n) is 10.6. The SMILES string of the molecule is CC#CC(=O)N1C[C@H](C)[C@H](C(=O)N(C)[C@H](C(=O)N[C@H]2Cc3nc(cs3)-c3ccc4c(c3)c(c(-c3cccnc3[C@H](C)OC)n4C)CC(C)(C)COC(=O)[C@@H]3CCCN(N3)C2=O)C2CCCC2)C1.[HH].[HH]. The maximum atomic E-state index is 14.9. The van der Waals surface area contributed by atoms with Gasteiger partial charge in [0.25, 0.3) is 11.8 Å². The van der Waals surface area contributed by atoms with Crippen LogP contribution >= 0.6 is 11.3 Å². The number of amides is 4. The summed E-state index contributed by atoms with van der Waals surface area (Å²) in [5.74, 6) is 2.71. The Morgan fingerprint density at radius 1 is 1.12 bits per heavy atom. The third-order valence-corrected chi connectivity index (χ3v) is 15.2. The maximum Gasteiger partial charge on any atom is 0.324 e. The van der Waals surface area contributed by atoms with Crippen molar-refractivity contribution in [1.29, 1.82) is 0 Å². The van der Waals surface area contributed by atoms with Crippen LogP contribution in [0.4, 0.5) is 0 Å². The van der Waals surface area contributed by atoms with E-state index in [1.165, 1.54) is 16.3 Å². The molecule has 360 valence electrons. The van der Waals surface area contributed by atoms with Crippen molar-refractivity contribution in [3.8, 4) is 34.4 Å². The Bertz CT molecular complexity index is 2620. The predicted molar refractivity (Wildman–Crippen MR) is 260 cm³/mol. The van der Waals surface area contributed by atoms with Crippen LogP contribution in [-0.2, 0) is 53.3 Å². The van der Waals surface area contributed by atoms with E-state index in [4.69, 9.17) is 19.4 Å². The molecule has 1 aromatic carbocycles. The number of esters is 1. The number of carbonyl (C=O) groups is 5. The number of ether oxygens (including phenoxy) is 2. The fraction of sp³-hybridized carbons (Fsp3) is 0.549. The number of nitrogens with one attached hydrogen (secondary N) is 2. The van der Waals surface area contributed by atoms with E-state index in [-0.39, 0.29) is 52.2 Å². The first-order valence-electron chi connectivity index (χ1n) is 23.7. The summed E-state index contributed by atoms with van der Waals surface area (Å²) >= 11 is 1.42. The van der Waals surface area contributed by atoms with Gasteiger partial charge in [0.1, 0.15) is 18.1 Å². The van der Waals surface area contributed by atoms with Crippen molar-refractivity contribution in [2.45, 2.75) is 110 Å². The Labute approximate surface area is 400 Å². The number of fused-ring (bicyclic) bond motifs is 6. The van der Waals surface area contributed by atoms with Gasteiger partial charge in [-0.1, -0.05) is 45.6 Å². The molecule has 1 saturated carbocycles. The summed E-state index contributed by atoms with van der Waals surface area (Å²) in [5.41, 5.74) is 9.19. The molecule has 15 nitrogen and oxygen atoms in total. The molecule has 8 rings (SSSR count). The van der Waals surface area contributed by atoms with Crippen molar-refractivity contribution in [3.63, 3.8) is 0 Å². The molecule has 0 unspecified atom stereocenters. The number of cyclic esters (lactones) is 1. The van der Waals surface area contributed by atoms with Gasteiger partial charge in [-0.15, -0.1) is 11.3 Å². The lowest BCUT2D eigenvalue weighted by Gasteiger charge is -2.37. The van der Waals surface area contributed by atoms with Crippen LogP contribution in [0.1, 0.15) is 98.4 Å². The highest BCUT2D eigenvalue weighted by Crippen LogP contribution is 2.42. The van der Waals surface area contributed by atoms with Gasteiger partial charge < -0.3 is 29.2 Å². The van der Waals surface area contributed by atoms with Crippen LogP contribution in [0.2, 0.25) is 0 Å². The number of carbonyl (C=O) groups excluding carboxylic acids is 5. The molecule has 3 aliphatic heterocycles. The van der Waals surface area contributed by atoms with Gasteiger partial charge in [-0.2, -0.15) is 0 Å². The fourth-order valence-corrected chi connectivity index (χ4v) is 11.5. The summed E-state index contributed by atoms with van der Waals surface area (Å²) in [6, 6.07) is 7.65. The molecule has 1 aliphatic carbocycles. The number of pyridine rings is 1. The Balaban J connectivity index is 0.00000391. The van der Waals surface area contributed by atoms with Crippen LogP contribution in [0.25, 0.3) is 33.4 Å². The van der Waals surface area contributed by atoms with Crippen LogP contribution in [0.5, 0.6) is 0 Å². The number of benzene rings is 1. The van der Waals surface area contributed by atoms with E-state index in [1.54, 1.807) is 37.1 Å². The summed E-state index contributed by atoms with van der Waals surface area (Å²) in [6.07, 6.45) is 6.59. The summed E-state index contributed by atoms with van der Waals surface area (Å²) < 4.78 is 14.1. The zero-order valence-electron chi connectivity index (χ0n) is 40.0. The monoisotopic (exact) mass is 936 g/mol. The number of thiazole rings is 1. The van der Waals surface area contributed by atoms with E-state index >= 15 is 0 Å². The zero-order valence-corrected chi connectivity index (χ0v) is 40.8. The van der Waals surface area contributed by atoms with Gasteiger partial charge in [0.2, 0.25) is 11.8 Å². The summed E-state index contributed by atoms with van der Waals surface area (Å²) in [5, 5.41) is 8.23. The van der Waals surface area contributed by atoms with E-state index in [2.05, 4.69) is 72.3 Å². The van der Waals surface area contributed by atoms with Gasteiger partial charge >= 0.3 is 5.97 Å². The highest BCUT2D eigenvalue weighted by atomic mass is 32.1. The molecule has 6 atom stereocenters. The number of methoxy groups -OCH3 is 1. The molecule has 2 N–H and O–H groups in total. The van der Waals surface area contributed by atoms with Gasteiger partial charge in [0.05, 0.1) is 40.7 Å². The topological polar surface area (TPSA) is 168 Å². The van der Waals surface area contributed by atoms with E-state index in [0.29, 0.717) is 37.4 Å². The lowest BCUT2D eigenvalue weighted by molar-refractivity contribution is -0.155. The van der Waals surface area contributed by atoms with Crippen molar-refractivity contribution < 1.29 is 36.3 Å². The van der Waals surface area contributed by atoms with Crippen LogP contribution < -0.4 is 10.7 Å². The van der Waals surface area contributed by atoms with Gasteiger partial charge in [0.15, 0.2) is 0 Å². The molecule has 16 heteroatoms. The van der Waals surface area contributed by atoms with Gasteiger partial charge in [-0.25, -0.2) is 10.4 Å². The first kappa shape index (κ1) is 47.8. The molecule has 67 heavy (non-hydrogen) atoms. The minimum Gasteiger partial charge on any atom is -0.464 e. The highest BCUT2D eigenvalue weighted by molar-refractivity contribution is 7.10. The standard InChI is InChI=1S/C51H64N8O7S.2H2/c1-9-14-43(60)58-26-30(2)37(27-58)48(62)57(7)45(32-15-10-11-16-32)47(61)54-39-24-42-53-40(28-67-42)33-19-20-41-35(23-33)36(46(56(41)6)34-17-12-21-52-44(34)31(3)65-8)25-51(4,5)29-66-50(64)38-18-13-22-59(55-38)49(39)63;;/h12,17,19-21,23,28,30-32,37-39,45,55H,10-11,13,15-16,18,22,24-27,29H2,1-8H3,(H,54,61);2*1H/t30-,31-,37+,38-,39-,45-;;/m0../s1. The number of nitrogens with zero attached hydrogens (tertiary/aromatic N) is 6. The quantitative estimate of drug-likeness (QED) is 0.150. The van der Waals surface area contributed by atoms with Crippen LogP contribution in [-0.4, -0.2) is 117 Å². The molecule has 0 radical (unpaired) electrons. The molecule has 0 spiro atoms. The van der Waals surface area contributed by atoms with E-state index in [1.807, 2.05) is 25.3 Å². The number of hydrogen-bond acceptors (Lipinski definition) is 11. The lowest BCUT2D eigenvalue weighted by Crippen LogP contribution is -2.62. The predicted octanol–water partition coefficient (Wildman–Crippen LogP) is 6.35. The van der Waals surface area contributed by atoms with Crippen LogP contribution in [0.15, 0.2) is 41.9 Å². The third kappa shape index (κ3) is 9.87. The van der Waals surface area contributed by atoms with Crippen molar-refractivity contribution in [1.82, 2.24) is 40.1 Å². The number of rotatable bonds is 8. The number of hydrazine groups is 1. The van der Waals surface area contributed by atoms with Crippen molar-refractivity contribution in [3.05, 3.63) is 58.2 Å². The van der Waals surface area contributed by atoms with Crippen LogP contribution in [0, 0.1) is 35.0 Å². The van der Waals surface area contributed by atoms with Gasteiger partial charge in [0, 0.05) is 89.1 Å². The Morgan fingerprint density at radius 3 is 2.64 bits per heavy atom. The average Bonchev–Trinajstić information content (AvgIpc) is 4.15. The van der Waals surface area contributed by atoms with Gasteiger partial charge in [-0.05, 0) is 93.5 Å². The lowest BCUT2D eigenvalue weighted by atomic mass is 9.84. The number of aromatic nitrogens is 3. The minimum absolute atomic E-state index is 0. The Hall–Kier alpha value is -5.63. The molecule has 4 aliphatic rings. The van der Waals surface area contributed by atoms with Crippen molar-refractivity contribution in [2.75, 3.05) is 40.4 Å². The molecule has 6 bridgehead atoms. The van der Waals surface area contributed by atoms with E-state index < -0.39 is 47.2 Å². The Morgan fingerprint density at radius 2 is 1.90 bits per heavy atom. The van der Waals surface area contributed by atoms with E-state index in [9.17, 15) is 24.0 Å². The molecular weight excluding hydrogens is 869 g/mol. The Kier molecular flexibility index (Phi) is 14.2. The zero-order chi connectivity index (χ0) is 47.7. The second-order valence-electron chi connectivity index (χ2n) is 19.7. The first-order valence-corrected chi connectivity index (χ1v) is 24.5. The number of hydrogen-bond donors (Lipinski definition) is 2. The molecule has 3 aromatic heterocycles. The summed E-state index contributed by atoms with van der Waals surface area (Å²) in [4.78, 5) is 83.6. The number of aryl methyl sites for hydroxylation is 1. The first-order chi connectivity index (χ1) is 32.1. The smallest absolute Gasteiger partial charge is 0.324 e. The summed E-state index contributed by atoms with van der Waals surface area (Å²) in [7, 11) is 5.41. The second kappa shape index (κ2) is 19.9. The number of likely N-dealkylation sites (N-methyl/N-ethyl adjacent to an activating group) is 1. The minimum atomic E-state index is -1.07. The summed E-state index contributed by atoms with van der Waals surface area (Å²) in [6.45, 7) is 10.8. The van der Waals surface area contributed by atoms with E-state index in [0.717, 1.165) is 70.4 Å². The normalized spacial score (nSPS) is 23.2. The molecular formula is C51H68N8O7S. The second-order valence-corrected chi connectivity index (χ2v) is 20.6. The largest absolute Gasteiger partial charge is 0.464 e. The molecule has 4 aromatic rings. The van der Waals surface area contributed by atoms with Crippen molar-refractivity contribution >= 4 is 51.8 Å². The third-order valence-electron chi connectivity index (χ3n) is 14.3. The van der Waals surface area contributed by atoms with Crippen molar-refractivity contribution in [2.24, 2.45) is 30.2 Å².